The standard InChI is InChI=1S/C13H17F3N2O3/c1-9(19)5-7-17(2)11(20)8-18-6-3-4-10(12(18)21)13(14,15)16/h3-4,6,9,19H,5,7-8H2,1-2H3. The van der Waals surface area contributed by atoms with Gasteiger partial charge in [0.05, 0.1) is 6.10 Å². The zero-order valence-electron chi connectivity index (χ0n) is 11.7. The van der Waals surface area contributed by atoms with E-state index in [9.17, 15) is 22.8 Å². The molecule has 0 aliphatic heterocycles. The maximum Gasteiger partial charge on any atom is 0.421 e. The van der Waals surface area contributed by atoms with Gasteiger partial charge in [-0.3, -0.25) is 9.59 Å². The fraction of sp³-hybridized carbons (Fsp3) is 0.538. The molecular formula is C13H17F3N2O3. The zero-order chi connectivity index (χ0) is 16.2. The van der Waals surface area contributed by atoms with Crippen molar-refractivity contribution in [3.8, 4) is 0 Å². The molecular weight excluding hydrogens is 289 g/mol. The Morgan fingerprint density at radius 3 is 2.62 bits per heavy atom. The third kappa shape index (κ3) is 4.89. The average molecular weight is 306 g/mol. The molecule has 1 aromatic rings. The fourth-order valence-corrected chi connectivity index (χ4v) is 1.65. The molecule has 1 atom stereocenters. The number of aliphatic hydroxyl groups excluding tert-OH is 1. The van der Waals surface area contributed by atoms with Gasteiger partial charge in [0.15, 0.2) is 0 Å². The van der Waals surface area contributed by atoms with Gasteiger partial charge in [0.1, 0.15) is 12.1 Å². The molecule has 0 aliphatic carbocycles. The van der Waals surface area contributed by atoms with Crippen molar-refractivity contribution in [1.29, 1.82) is 0 Å². The highest BCUT2D eigenvalue weighted by molar-refractivity contribution is 5.75. The quantitative estimate of drug-likeness (QED) is 0.886. The molecule has 0 fully saturated rings. The highest BCUT2D eigenvalue weighted by Gasteiger charge is 2.34. The molecule has 1 aromatic heterocycles. The minimum Gasteiger partial charge on any atom is -0.393 e. The van der Waals surface area contributed by atoms with E-state index in [1.54, 1.807) is 6.92 Å². The Balaban J connectivity index is 2.84. The molecule has 0 saturated carbocycles. The Hall–Kier alpha value is -1.83. The lowest BCUT2D eigenvalue weighted by molar-refractivity contribution is -0.139. The summed E-state index contributed by atoms with van der Waals surface area (Å²) >= 11 is 0. The van der Waals surface area contributed by atoms with E-state index in [1.807, 2.05) is 0 Å². The van der Waals surface area contributed by atoms with Crippen molar-refractivity contribution in [2.45, 2.75) is 32.2 Å². The van der Waals surface area contributed by atoms with Gasteiger partial charge < -0.3 is 14.6 Å². The van der Waals surface area contributed by atoms with Gasteiger partial charge in [0.25, 0.3) is 5.56 Å². The van der Waals surface area contributed by atoms with Crippen LogP contribution in [0.3, 0.4) is 0 Å². The van der Waals surface area contributed by atoms with E-state index in [0.717, 1.165) is 16.8 Å². The van der Waals surface area contributed by atoms with Gasteiger partial charge in [-0.1, -0.05) is 0 Å². The Labute approximate surface area is 119 Å². The van der Waals surface area contributed by atoms with E-state index in [4.69, 9.17) is 5.11 Å². The second-order valence-corrected chi connectivity index (χ2v) is 4.81. The summed E-state index contributed by atoms with van der Waals surface area (Å²) in [7, 11) is 1.46. The number of carbonyl (C=O) groups is 1. The number of carbonyl (C=O) groups excluding carboxylic acids is 1. The van der Waals surface area contributed by atoms with Gasteiger partial charge in [-0.15, -0.1) is 0 Å². The minimum atomic E-state index is -4.75. The van der Waals surface area contributed by atoms with Crippen LogP contribution in [0.1, 0.15) is 18.9 Å². The monoisotopic (exact) mass is 306 g/mol. The predicted octanol–water partition coefficient (Wildman–Crippen LogP) is 1.10. The van der Waals surface area contributed by atoms with E-state index in [-0.39, 0.29) is 6.54 Å². The maximum atomic E-state index is 12.6. The normalized spacial score (nSPS) is 13.0. The van der Waals surface area contributed by atoms with Crippen molar-refractivity contribution in [3.05, 3.63) is 34.2 Å². The molecule has 5 nitrogen and oxygen atoms in total. The van der Waals surface area contributed by atoms with Crippen LogP contribution >= 0.6 is 0 Å². The van der Waals surface area contributed by atoms with Crippen LogP contribution in [0.15, 0.2) is 23.1 Å². The first-order chi connectivity index (χ1) is 9.62. The number of aromatic nitrogens is 1. The van der Waals surface area contributed by atoms with Gasteiger partial charge in [-0.2, -0.15) is 13.2 Å². The molecule has 0 radical (unpaired) electrons. The topological polar surface area (TPSA) is 62.5 Å². The first-order valence-corrected chi connectivity index (χ1v) is 6.31. The van der Waals surface area contributed by atoms with Gasteiger partial charge in [-0.05, 0) is 25.5 Å². The lowest BCUT2D eigenvalue weighted by atomic mass is 10.2. The molecule has 0 spiro atoms. The number of halogens is 3. The van der Waals surface area contributed by atoms with Crippen LogP contribution in [0, 0.1) is 0 Å². The molecule has 1 N–H and O–H groups in total. The Bertz CT molecular complexity index is 552. The van der Waals surface area contributed by atoms with Crippen LogP contribution in [-0.4, -0.2) is 40.2 Å². The van der Waals surface area contributed by atoms with Crippen LogP contribution in [-0.2, 0) is 17.5 Å². The first kappa shape index (κ1) is 17.2. The molecule has 21 heavy (non-hydrogen) atoms. The molecule has 0 saturated heterocycles. The van der Waals surface area contributed by atoms with Crippen LogP contribution in [0.4, 0.5) is 13.2 Å². The van der Waals surface area contributed by atoms with Crippen molar-refractivity contribution in [2.75, 3.05) is 13.6 Å². The van der Waals surface area contributed by atoms with Crippen molar-refractivity contribution in [2.24, 2.45) is 0 Å². The molecule has 8 heteroatoms. The number of likely N-dealkylation sites (N-methyl/N-ethyl adjacent to an activating group) is 1. The number of amides is 1. The molecule has 118 valence electrons. The van der Waals surface area contributed by atoms with Crippen LogP contribution in [0.2, 0.25) is 0 Å². The molecule has 1 rings (SSSR count). The smallest absolute Gasteiger partial charge is 0.393 e. The lowest BCUT2D eigenvalue weighted by Gasteiger charge is -2.19. The largest absolute Gasteiger partial charge is 0.421 e. The number of hydrogen-bond acceptors (Lipinski definition) is 3. The lowest BCUT2D eigenvalue weighted by Crippen LogP contribution is -2.36. The average Bonchev–Trinajstić information content (AvgIpc) is 2.36. The van der Waals surface area contributed by atoms with Crippen LogP contribution in [0.5, 0.6) is 0 Å². The van der Waals surface area contributed by atoms with Crippen molar-refractivity contribution in [1.82, 2.24) is 9.47 Å². The molecule has 1 heterocycles. The van der Waals surface area contributed by atoms with Crippen molar-refractivity contribution in [3.63, 3.8) is 0 Å². The number of hydrogen-bond donors (Lipinski definition) is 1. The third-order valence-electron chi connectivity index (χ3n) is 2.94. The summed E-state index contributed by atoms with van der Waals surface area (Å²) in [6, 6.07) is 1.76. The molecule has 0 aliphatic rings. The van der Waals surface area contributed by atoms with Crippen molar-refractivity contribution < 1.29 is 23.1 Å². The number of aliphatic hydroxyl groups is 1. The Morgan fingerprint density at radius 1 is 1.48 bits per heavy atom. The number of pyridine rings is 1. The summed E-state index contributed by atoms with van der Waals surface area (Å²) in [4.78, 5) is 24.8. The minimum absolute atomic E-state index is 0.254. The van der Waals surface area contributed by atoms with Crippen LogP contribution < -0.4 is 5.56 Å². The predicted molar refractivity (Wildman–Crippen MR) is 69.6 cm³/mol. The summed E-state index contributed by atoms with van der Waals surface area (Å²) in [5, 5.41) is 9.12. The molecule has 1 unspecified atom stereocenters. The number of rotatable bonds is 5. The second-order valence-electron chi connectivity index (χ2n) is 4.81. The highest BCUT2D eigenvalue weighted by atomic mass is 19.4. The fourth-order valence-electron chi connectivity index (χ4n) is 1.65. The summed E-state index contributed by atoms with van der Waals surface area (Å²) in [6.07, 6.45) is -3.85. The van der Waals surface area contributed by atoms with E-state index >= 15 is 0 Å². The molecule has 0 bridgehead atoms. The van der Waals surface area contributed by atoms with Gasteiger partial charge in [-0.25, -0.2) is 0 Å². The third-order valence-corrected chi connectivity index (χ3v) is 2.94. The highest BCUT2D eigenvalue weighted by Crippen LogP contribution is 2.25. The first-order valence-electron chi connectivity index (χ1n) is 6.31. The summed E-state index contributed by atoms with van der Waals surface area (Å²) < 4.78 is 38.5. The van der Waals surface area contributed by atoms with Crippen molar-refractivity contribution >= 4 is 5.91 Å². The van der Waals surface area contributed by atoms with Gasteiger partial charge >= 0.3 is 6.18 Å². The summed E-state index contributed by atoms with van der Waals surface area (Å²) in [5.74, 6) is -0.503. The van der Waals surface area contributed by atoms with E-state index in [0.29, 0.717) is 12.5 Å². The maximum absolute atomic E-state index is 12.6. The van der Waals surface area contributed by atoms with E-state index < -0.39 is 35.9 Å². The Kier molecular flexibility index (Phi) is 5.54. The molecule has 1 amide bonds. The van der Waals surface area contributed by atoms with E-state index in [2.05, 4.69) is 0 Å². The molecule has 0 aromatic carbocycles. The SMILES string of the molecule is CC(O)CCN(C)C(=O)Cn1cccc(C(F)(F)F)c1=O. The Morgan fingerprint density at radius 2 is 2.10 bits per heavy atom. The zero-order valence-corrected chi connectivity index (χ0v) is 11.7. The van der Waals surface area contributed by atoms with E-state index in [1.165, 1.54) is 11.9 Å². The van der Waals surface area contributed by atoms with Crippen LogP contribution in [0.25, 0.3) is 0 Å². The number of nitrogens with zero attached hydrogens (tertiary/aromatic N) is 2. The summed E-state index contributed by atoms with van der Waals surface area (Å²) in [6.45, 7) is 1.35. The summed E-state index contributed by atoms with van der Waals surface area (Å²) in [5.41, 5.74) is -2.55. The number of alkyl halides is 3. The van der Waals surface area contributed by atoms with Gasteiger partial charge in [0.2, 0.25) is 5.91 Å². The van der Waals surface area contributed by atoms with Gasteiger partial charge in [0, 0.05) is 19.8 Å². The second kappa shape index (κ2) is 6.75.